The number of rotatable bonds is 3. The number of halogens is 4. The van der Waals surface area contributed by atoms with Crippen LogP contribution in [0.25, 0.3) is 11.0 Å². The van der Waals surface area contributed by atoms with E-state index in [4.69, 9.17) is 4.98 Å². The van der Waals surface area contributed by atoms with E-state index in [1.165, 1.54) is 6.07 Å². The predicted octanol–water partition coefficient (Wildman–Crippen LogP) is 5.02. The molecule has 1 atom stereocenters. The van der Waals surface area contributed by atoms with E-state index < -0.39 is 11.7 Å². The second-order valence-corrected chi connectivity index (χ2v) is 8.53. The number of alkyl halides is 3. The molecule has 0 radical (unpaired) electrons. The highest BCUT2D eigenvalue weighted by molar-refractivity contribution is 5.80. The van der Waals surface area contributed by atoms with E-state index >= 15 is 0 Å². The second kappa shape index (κ2) is 7.51. The van der Waals surface area contributed by atoms with E-state index in [1.54, 1.807) is 18.2 Å². The summed E-state index contributed by atoms with van der Waals surface area (Å²) in [6, 6.07) is 8.83. The molecule has 4 nitrogen and oxygen atoms in total. The molecule has 0 amide bonds. The molecule has 0 saturated carbocycles. The van der Waals surface area contributed by atoms with Crippen LogP contribution in [0.1, 0.15) is 36.3 Å². The smallest absolute Gasteiger partial charge is 0.369 e. The zero-order valence-electron chi connectivity index (χ0n) is 17.3. The second-order valence-electron chi connectivity index (χ2n) is 8.53. The van der Waals surface area contributed by atoms with Gasteiger partial charge in [0.25, 0.3) is 0 Å². The minimum absolute atomic E-state index is 0.238. The lowest BCUT2D eigenvalue weighted by Crippen LogP contribution is -2.46. The standard InChI is InChI=1S/C23H24F4N4/c1-15-2-3-16-12-18(24)13-20-22(16)31(15)21(28-20)14-29-8-10-30(11-9-29)19-6-4-17(5-7-19)23(25,26)27/h4-7,12-13,15H,2-3,8-11,14H2,1H3/t15-/m1/s1. The van der Waals surface area contributed by atoms with Crippen molar-refractivity contribution in [2.75, 3.05) is 31.1 Å². The highest BCUT2D eigenvalue weighted by atomic mass is 19.4. The third-order valence-corrected chi connectivity index (χ3v) is 6.47. The molecule has 0 bridgehead atoms. The molecule has 3 aromatic rings. The van der Waals surface area contributed by atoms with Gasteiger partial charge in [0.15, 0.2) is 0 Å². The fourth-order valence-electron chi connectivity index (χ4n) is 4.82. The molecule has 2 aliphatic heterocycles. The van der Waals surface area contributed by atoms with Crippen molar-refractivity contribution >= 4 is 16.7 Å². The first-order chi connectivity index (χ1) is 14.8. The fourth-order valence-corrected chi connectivity index (χ4v) is 4.82. The number of hydrogen-bond acceptors (Lipinski definition) is 3. The van der Waals surface area contributed by atoms with E-state index in [9.17, 15) is 17.6 Å². The van der Waals surface area contributed by atoms with Crippen molar-refractivity contribution in [1.82, 2.24) is 14.5 Å². The maximum absolute atomic E-state index is 14.0. The number of hydrogen-bond donors (Lipinski definition) is 0. The molecule has 31 heavy (non-hydrogen) atoms. The van der Waals surface area contributed by atoms with Crippen LogP contribution in [0.2, 0.25) is 0 Å². The molecule has 2 aromatic carbocycles. The van der Waals surface area contributed by atoms with E-state index in [2.05, 4.69) is 21.3 Å². The summed E-state index contributed by atoms with van der Waals surface area (Å²) in [5, 5.41) is 0. The van der Waals surface area contributed by atoms with Crippen LogP contribution in [-0.2, 0) is 19.1 Å². The molecule has 1 aromatic heterocycles. The van der Waals surface area contributed by atoms with E-state index in [0.717, 1.165) is 79.3 Å². The van der Waals surface area contributed by atoms with Crippen molar-refractivity contribution in [2.24, 2.45) is 0 Å². The van der Waals surface area contributed by atoms with Gasteiger partial charge < -0.3 is 9.47 Å². The van der Waals surface area contributed by atoms with Gasteiger partial charge in [0, 0.05) is 44.0 Å². The minimum atomic E-state index is -4.31. The SMILES string of the molecule is C[C@@H]1CCc2cc(F)cc3nc(CN4CCN(c5ccc(C(F)(F)F)cc5)CC4)n1c23. The lowest BCUT2D eigenvalue weighted by molar-refractivity contribution is -0.137. The van der Waals surface area contributed by atoms with E-state index in [-0.39, 0.29) is 5.82 Å². The largest absolute Gasteiger partial charge is 0.416 e. The minimum Gasteiger partial charge on any atom is -0.369 e. The Morgan fingerprint density at radius 3 is 2.42 bits per heavy atom. The van der Waals surface area contributed by atoms with Gasteiger partial charge in [-0.25, -0.2) is 9.37 Å². The average molecular weight is 432 g/mol. The van der Waals surface area contributed by atoms with Gasteiger partial charge in [0.1, 0.15) is 11.6 Å². The average Bonchev–Trinajstić information content (AvgIpc) is 3.09. The van der Waals surface area contributed by atoms with E-state index in [0.29, 0.717) is 12.6 Å². The van der Waals surface area contributed by atoms with Gasteiger partial charge in [-0.1, -0.05) is 0 Å². The maximum Gasteiger partial charge on any atom is 0.416 e. The third-order valence-electron chi connectivity index (χ3n) is 6.47. The van der Waals surface area contributed by atoms with Crippen molar-refractivity contribution in [1.29, 1.82) is 0 Å². The first kappa shape index (κ1) is 20.3. The maximum atomic E-state index is 14.0. The molecule has 5 rings (SSSR count). The van der Waals surface area contributed by atoms with Crippen molar-refractivity contribution < 1.29 is 17.6 Å². The molecule has 0 aliphatic carbocycles. The molecular weight excluding hydrogens is 408 g/mol. The van der Waals surface area contributed by atoms with Gasteiger partial charge in [-0.3, -0.25) is 4.90 Å². The normalized spacial score (nSPS) is 19.9. The Balaban J connectivity index is 1.30. The number of aryl methyl sites for hydroxylation is 1. The summed E-state index contributed by atoms with van der Waals surface area (Å²) in [7, 11) is 0. The van der Waals surface area contributed by atoms with Crippen LogP contribution in [0.4, 0.5) is 23.2 Å². The van der Waals surface area contributed by atoms with Crippen LogP contribution < -0.4 is 4.90 Å². The summed E-state index contributed by atoms with van der Waals surface area (Å²) in [5.41, 5.74) is 2.99. The Bertz CT molecular complexity index is 1100. The van der Waals surface area contributed by atoms with Crippen LogP contribution in [0.15, 0.2) is 36.4 Å². The van der Waals surface area contributed by atoms with Gasteiger partial charge in [-0.05, 0) is 55.7 Å². The van der Waals surface area contributed by atoms with Crippen molar-refractivity contribution in [2.45, 2.75) is 38.5 Å². The summed E-state index contributed by atoms with van der Waals surface area (Å²) in [6.45, 7) is 5.92. The number of aromatic nitrogens is 2. The van der Waals surface area contributed by atoms with Gasteiger partial charge in [-0.15, -0.1) is 0 Å². The lowest BCUT2D eigenvalue weighted by atomic mass is 10.00. The van der Waals surface area contributed by atoms with Crippen LogP contribution in [-0.4, -0.2) is 40.6 Å². The molecule has 0 spiro atoms. The zero-order valence-corrected chi connectivity index (χ0v) is 17.3. The Labute approximate surface area is 178 Å². The topological polar surface area (TPSA) is 24.3 Å². The Morgan fingerprint density at radius 1 is 1.03 bits per heavy atom. The summed E-state index contributed by atoms with van der Waals surface area (Å²) >= 11 is 0. The number of nitrogens with zero attached hydrogens (tertiary/aromatic N) is 4. The van der Waals surface area contributed by atoms with Crippen LogP contribution >= 0.6 is 0 Å². The Kier molecular flexibility index (Phi) is 4.92. The molecule has 2 aliphatic rings. The first-order valence-electron chi connectivity index (χ1n) is 10.6. The quantitative estimate of drug-likeness (QED) is 0.543. The summed E-state index contributed by atoms with van der Waals surface area (Å²) in [4.78, 5) is 9.18. The molecule has 3 heterocycles. The molecule has 164 valence electrons. The first-order valence-corrected chi connectivity index (χ1v) is 10.6. The number of piperazine rings is 1. The highest BCUT2D eigenvalue weighted by Crippen LogP contribution is 2.34. The number of benzene rings is 2. The predicted molar refractivity (Wildman–Crippen MR) is 112 cm³/mol. The summed E-state index contributed by atoms with van der Waals surface area (Å²) in [6.07, 6.45) is -2.48. The molecule has 0 unspecified atom stereocenters. The Hall–Kier alpha value is -2.61. The van der Waals surface area contributed by atoms with Crippen molar-refractivity contribution in [3.05, 3.63) is 59.2 Å². The van der Waals surface area contributed by atoms with Crippen molar-refractivity contribution in [3.63, 3.8) is 0 Å². The van der Waals surface area contributed by atoms with E-state index in [1.807, 2.05) is 0 Å². The van der Waals surface area contributed by atoms with Gasteiger partial charge in [0.2, 0.25) is 0 Å². The Morgan fingerprint density at radius 2 is 1.74 bits per heavy atom. The molecule has 1 fully saturated rings. The molecule has 8 heteroatoms. The molecule has 1 saturated heterocycles. The summed E-state index contributed by atoms with van der Waals surface area (Å²) < 4.78 is 54.6. The van der Waals surface area contributed by atoms with Crippen LogP contribution in [0.5, 0.6) is 0 Å². The molecular formula is C23H24F4N4. The fraction of sp³-hybridized carbons (Fsp3) is 0.435. The lowest BCUT2D eigenvalue weighted by Gasteiger charge is -2.36. The van der Waals surface area contributed by atoms with Gasteiger partial charge in [0.05, 0.1) is 23.1 Å². The van der Waals surface area contributed by atoms with Crippen molar-refractivity contribution in [3.8, 4) is 0 Å². The van der Waals surface area contributed by atoms with Gasteiger partial charge >= 0.3 is 6.18 Å². The van der Waals surface area contributed by atoms with Crippen LogP contribution in [0, 0.1) is 5.82 Å². The number of imidazole rings is 1. The summed E-state index contributed by atoms with van der Waals surface area (Å²) in [5.74, 6) is 0.718. The molecule has 0 N–H and O–H groups in total. The van der Waals surface area contributed by atoms with Crippen LogP contribution in [0.3, 0.4) is 0 Å². The highest BCUT2D eigenvalue weighted by Gasteiger charge is 2.30. The zero-order chi connectivity index (χ0) is 21.8. The monoisotopic (exact) mass is 432 g/mol. The van der Waals surface area contributed by atoms with Gasteiger partial charge in [-0.2, -0.15) is 13.2 Å². The number of anilines is 1. The third kappa shape index (κ3) is 3.78.